The number of nitrogens with zero attached hydrogens (tertiary/aromatic N) is 2. The summed E-state index contributed by atoms with van der Waals surface area (Å²) in [4.78, 5) is 15.4. The number of benzene rings is 2. The molecule has 3 rings (SSSR count). The number of carbonyl (C=O) groups is 1. The second-order valence-electron chi connectivity index (χ2n) is 6.54. The minimum absolute atomic E-state index is 0.115. The topological polar surface area (TPSA) is 95.7 Å². The summed E-state index contributed by atoms with van der Waals surface area (Å²) in [5.41, 5.74) is 8.19. The van der Waals surface area contributed by atoms with E-state index >= 15 is 0 Å². The number of nitrogens with one attached hydrogen (secondary N) is 1. The molecule has 7 nitrogen and oxygen atoms in total. The molecule has 0 aliphatic carbocycles. The maximum absolute atomic E-state index is 12.4. The Balaban J connectivity index is 1.63. The molecule has 1 aliphatic heterocycles. The van der Waals surface area contributed by atoms with Crippen LogP contribution in [0.15, 0.2) is 53.4 Å². The Labute approximate surface area is 169 Å². The molecule has 1 heterocycles. The summed E-state index contributed by atoms with van der Waals surface area (Å²) in [5, 5.41) is 2.96. The van der Waals surface area contributed by atoms with Crippen LogP contribution < -0.4 is 16.0 Å². The number of hydrogen-bond donors (Lipinski definition) is 2. The van der Waals surface area contributed by atoms with Crippen molar-refractivity contribution < 1.29 is 13.2 Å². The molecule has 3 N–H and O–H groups in total. The minimum atomic E-state index is -3.17. The minimum Gasteiger partial charge on any atom is -0.398 e. The predicted molar refractivity (Wildman–Crippen MR) is 115 cm³/mol. The lowest BCUT2D eigenvalue weighted by atomic mass is 10.2. The highest BCUT2D eigenvalue weighted by Crippen LogP contribution is 2.28. The number of para-hydroxylation sites is 3. The van der Waals surface area contributed by atoms with Crippen LogP contribution in [0.25, 0.3) is 0 Å². The van der Waals surface area contributed by atoms with E-state index in [1.165, 1.54) is 22.3 Å². The van der Waals surface area contributed by atoms with Crippen molar-refractivity contribution in [1.29, 1.82) is 0 Å². The quantitative estimate of drug-likeness (QED) is 0.549. The van der Waals surface area contributed by atoms with Crippen molar-refractivity contribution >= 4 is 44.8 Å². The molecule has 28 heavy (non-hydrogen) atoms. The smallest absolute Gasteiger partial charge is 0.234 e. The number of sulfonamides is 1. The highest BCUT2D eigenvalue weighted by Gasteiger charge is 2.24. The molecule has 1 fully saturated rings. The molecular formula is C19H24N4O3S2. The molecule has 9 heteroatoms. The Morgan fingerprint density at radius 2 is 1.71 bits per heavy atom. The molecule has 0 spiro atoms. The van der Waals surface area contributed by atoms with Gasteiger partial charge in [-0.05, 0) is 24.3 Å². The molecule has 0 unspecified atom stereocenters. The fourth-order valence-electron chi connectivity index (χ4n) is 3.06. The molecule has 1 saturated heterocycles. The first kappa shape index (κ1) is 20.5. The highest BCUT2D eigenvalue weighted by atomic mass is 32.2. The molecule has 0 bridgehead atoms. The van der Waals surface area contributed by atoms with Crippen LogP contribution in [0, 0.1) is 0 Å². The van der Waals surface area contributed by atoms with Crippen LogP contribution >= 0.6 is 11.8 Å². The number of anilines is 3. The third kappa shape index (κ3) is 5.18. The van der Waals surface area contributed by atoms with Gasteiger partial charge in [0.25, 0.3) is 0 Å². The van der Waals surface area contributed by atoms with Crippen LogP contribution in [0.3, 0.4) is 0 Å². The SMILES string of the molecule is CS(=O)(=O)N1CCN(c2ccccc2NC(=O)CSc2ccccc2N)CC1. The van der Waals surface area contributed by atoms with Crippen LogP contribution in [-0.2, 0) is 14.8 Å². The monoisotopic (exact) mass is 420 g/mol. The van der Waals surface area contributed by atoms with Gasteiger partial charge in [-0.25, -0.2) is 8.42 Å². The first-order valence-electron chi connectivity index (χ1n) is 8.91. The van der Waals surface area contributed by atoms with Gasteiger partial charge >= 0.3 is 0 Å². The largest absolute Gasteiger partial charge is 0.398 e. The molecule has 0 atom stereocenters. The summed E-state index contributed by atoms with van der Waals surface area (Å²) < 4.78 is 24.9. The number of thioether (sulfide) groups is 1. The van der Waals surface area contributed by atoms with Gasteiger partial charge in [0.2, 0.25) is 15.9 Å². The maximum atomic E-state index is 12.4. The molecule has 0 saturated carbocycles. The first-order valence-corrected chi connectivity index (χ1v) is 11.7. The molecule has 0 radical (unpaired) electrons. The Hall–Kier alpha value is -2.23. The van der Waals surface area contributed by atoms with E-state index < -0.39 is 10.0 Å². The molecule has 150 valence electrons. The van der Waals surface area contributed by atoms with Gasteiger partial charge in [0.05, 0.1) is 23.4 Å². The van der Waals surface area contributed by atoms with Crippen molar-refractivity contribution in [2.24, 2.45) is 0 Å². The van der Waals surface area contributed by atoms with Crippen LogP contribution in [0.1, 0.15) is 0 Å². The van der Waals surface area contributed by atoms with E-state index in [0.29, 0.717) is 31.9 Å². The Bertz CT molecular complexity index is 942. The van der Waals surface area contributed by atoms with E-state index in [0.717, 1.165) is 16.3 Å². The van der Waals surface area contributed by atoms with Gasteiger partial charge in [-0.3, -0.25) is 4.79 Å². The van der Waals surface area contributed by atoms with Gasteiger partial charge in [0, 0.05) is 36.8 Å². The summed E-state index contributed by atoms with van der Waals surface area (Å²) in [5.74, 6) is 0.139. The van der Waals surface area contributed by atoms with E-state index in [9.17, 15) is 13.2 Å². The second-order valence-corrected chi connectivity index (χ2v) is 9.54. The lowest BCUT2D eigenvalue weighted by molar-refractivity contribution is -0.113. The molecule has 1 aliphatic rings. The standard InChI is InChI=1S/C19H24N4O3S2/c1-28(25,26)23-12-10-22(11-13-23)17-8-4-3-7-16(17)21-19(24)14-27-18-9-5-2-6-15(18)20/h2-9H,10-14,20H2,1H3,(H,21,24). The summed E-state index contributed by atoms with van der Waals surface area (Å²) >= 11 is 1.39. The Morgan fingerprint density at radius 1 is 1.07 bits per heavy atom. The van der Waals surface area contributed by atoms with Crippen LogP contribution in [0.4, 0.5) is 17.1 Å². The number of nitrogen functional groups attached to an aromatic ring is 1. The predicted octanol–water partition coefficient (Wildman–Crippen LogP) is 2.08. The fraction of sp³-hybridized carbons (Fsp3) is 0.316. The average molecular weight is 421 g/mol. The average Bonchev–Trinajstić information content (AvgIpc) is 2.67. The summed E-state index contributed by atoms with van der Waals surface area (Å²) in [7, 11) is -3.17. The van der Waals surface area contributed by atoms with Crippen molar-refractivity contribution in [3.05, 3.63) is 48.5 Å². The number of nitrogens with two attached hydrogens (primary N) is 1. The lowest BCUT2D eigenvalue weighted by Gasteiger charge is -2.35. The van der Waals surface area contributed by atoms with Crippen molar-refractivity contribution in [1.82, 2.24) is 4.31 Å². The van der Waals surface area contributed by atoms with Gasteiger partial charge in [-0.1, -0.05) is 24.3 Å². The van der Waals surface area contributed by atoms with E-state index in [2.05, 4.69) is 10.2 Å². The van der Waals surface area contributed by atoms with Crippen LogP contribution in [0.5, 0.6) is 0 Å². The molecule has 1 amide bonds. The zero-order valence-electron chi connectivity index (χ0n) is 15.7. The summed E-state index contributed by atoms with van der Waals surface area (Å²) in [6, 6.07) is 15.0. The van der Waals surface area contributed by atoms with E-state index in [1.54, 1.807) is 0 Å². The number of amides is 1. The second kappa shape index (κ2) is 8.85. The third-order valence-corrected chi connectivity index (χ3v) is 6.90. The van der Waals surface area contributed by atoms with Crippen molar-refractivity contribution in [2.45, 2.75) is 4.90 Å². The van der Waals surface area contributed by atoms with E-state index in [-0.39, 0.29) is 11.7 Å². The molecule has 2 aromatic rings. The fourth-order valence-corrected chi connectivity index (χ4v) is 4.65. The lowest BCUT2D eigenvalue weighted by Crippen LogP contribution is -2.48. The van der Waals surface area contributed by atoms with Gasteiger partial charge in [0.15, 0.2) is 0 Å². The van der Waals surface area contributed by atoms with E-state index in [4.69, 9.17) is 5.73 Å². The summed E-state index contributed by atoms with van der Waals surface area (Å²) in [6.07, 6.45) is 1.23. The van der Waals surface area contributed by atoms with Crippen molar-refractivity contribution in [2.75, 3.05) is 54.1 Å². The summed E-state index contributed by atoms with van der Waals surface area (Å²) in [6.45, 7) is 2.03. The molecule has 0 aromatic heterocycles. The molecule has 2 aromatic carbocycles. The van der Waals surface area contributed by atoms with Crippen LogP contribution in [-0.4, -0.2) is 56.8 Å². The normalized spacial score (nSPS) is 15.4. The van der Waals surface area contributed by atoms with Gasteiger partial charge < -0.3 is 16.0 Å². The van der Waals surface area contributed by atoms with Crippen molar-refractivity contribution in [3.8, 4) is 0 Å². The van der Waals surface area contributed by atoms with Gasteiger partial charge in [0.1, 0.15) is 0 Å². The molecular weight excluding hydrogens is 396 g/mol. The Morgan fingerprint density at radius 3 is 2.39 bits per heavy atom. The number of rotatable bonds is 6. The number of carbonyl (C=O) groups excluding carboxylic acids is 1. The van der Waals surface area contributed by atoms with E-state index in [1.807, 2.05) is 48.5 Å². The number of piperazine rings is 1. The highest BCUT2D eigenvalue weighted by molar-refractivity contribution is 8.00. The number of hydrogen-bond acceptors (Lipinski definition) is 6. The van der Waals surface area contributed by atoms with Gasteiger partial charge in [-0.15, -0.1) is 11.8 Å². The maximum Gasteiger partial charge on any atom is 0.234 e. The third-order valence-electron chi connectivity index (χ3n) is 4.50. The Kier molecular flexibility index (Phi) is 6.48. The zero-order valence-corrected chi connectivity index (χ0v) is 17.3. The van der Waals surface area contributed by atoms with Crippen molar-refractivity contribution in [3.63, 3.8) is 0 Å². The van der Waals surface area contributed by atoms with Gasteiger partial charge in [-0.2, -0.15) is 4.31 Å². The zero-order chi connectivity index (χ0) is 20.1. The van der Waals surface area contributed by atoms with Crippen LogP contribution in [0.2, 0.25) is 0 Å². The first-order chi connectivity index (χ1) is 13.3.